The van der Waals surface area contributed by atoms with E-state index in [1.165, 1.54) is 0 Å². The third-order valence-corrected chi connectivity index (χ3v) is 4.14. The molecule has 0 fully saturated rings. The van der Waals surface area contributed by atoms with Crippen LogP contribution in [0.1, 0.15) is 24.6 Å². The summed E-state index contributed by atoms with van der Waals surface area (Å²) < 4.78 is 1.05. The molecule has 3 rings (SSSR count). The number of rotatable bonds is 2. The molecule has 1 aromatic carbocycles. The predicted molar refractivity (Wildman–Crippen MR) is 86.2 cm³/mol. The van der Waals surface area contributed by atoms with E-state index in [0.29, 0.717) is 5.92 Å². The van der Waals surface area contributed by atoms with Crippen LogP contribution in [0.3, 0.4) is 0 Å². The molecule has 2 aromatic rings. The van der Waals surface area contributed by atoms with Crippen molar-refractivity contribution in [2.45, 2.75) is 19.8 Å². The zero-order chi connectivity index (χ0) is 14.8. The van der Waals surface area contributed by atoms with E-state index in [4.69, 9.17) is 4.84 Å². The first-order valence-corrected chi connectivity index (χ1v) is 7.69. The van der Waals surface area contributed by atoms with E-state index in [-0.39, 0.29) is 0 Å². The Bertz CT molecular complexity index is 682. The van der Waals surface area contributed by atoms with Gasteiger partial charge in [-0.25, -0.2) is 0 Å². The molecule has 0 bridgehead atoms. The van der Waals surface area contributed by atoms with Crippen molar-refractivity contribution in [1.82, 2.24) is 10.2 Å². The topological polar surface area (TPSA) is 47.4 Å². The summed E-state index contributed by atoms with van der Waals surface area (Å²) in [7, 11) is 1.58. The standard InChI is InChI=1S/C16H16BrN3O/c1-10-7-15-13(16(8-10)20-21-2)9-14(18-19-15)11-3-5-12(17)6-4-11/h3-6,9-10H,7-8H2,1-2H3/b20-16-. The number of aromatic nitrogens is 2. The molecular formula is C16H16BrN3O. The second-order valence-corrected chi connectivity index (χ2v) is 6.25. The highest BCUT2D eigenvalue weighted by atomic mass is 79.9. The van der Waals surface area contributed by atoms with Crippen LogP contribution in [-0.2, 0) is 11.3 Å². The van der Waals surface area contributed by atoms with Crippen LogP contribution in [0.2, 0.25) is 0 Å². The summed E-state index contributed by atoms with van der Waals surface area (Å²) in [5, 5.41) is 12.9. The Kier molecular flexibility index (Phi) is 4.01. The first-order chi connectivity index (χ1) is 10.2. The molecule has 0 amide bonds. The van der Waals surface area contributed by atoms with E-state index < -0.39 is 0 Å². The number of oxime groups is 1. The Balaban J connectivity index is 2.05. The van der Waals surface area contributed by atoms with Crippen molar-refractivity contribution in [2.75, 3.05) is 7.11 Å². The van der Waals surface area contributed by atoms with Crippen LogP contribution >= 0.6 is 15.9 Å². The molecule has 1 heterocycles. The van der Waals surface area contributed by atoms with Crippen LogP contribution in [0.4, 0.5) is 0 Å². The molecule has 5 heteroatoms. The Morgan fingerprint density at radius 1 is 1.19 bits per heavy atom. The first-order valence-electron chi connectivity index (χ1n) is 6.90. The van der Waals surface area contributed by atoms with Gasteiger partial charge in [-0.05, 0) is 37.0 Å². The SMILES string of the molecule is CO/N=C1/CC(C)Cc2nnc(-c3ccc(Br)cc3)cc21. The number of fused-ring (bicyclic) bond motifs is 1. The summed E-state index contributed by atoms with van der Waals surface area (Å²) in [6.45, 7) is 2.19. The van der Waals surface area contributed by atoms with Crippen LogP contribution < -0.4 is 0 Å². The average Bonchev–Trinajstić information content (AvgIpc) is 2.48. The van der Waals surface area contributed by atoms with Crippen LogP contribution in [-0.4, -0.2) is 23.0 Å². The molecule has 0 saturated heterocycles. The van der Waals surface area contributed by atoms with E-state index in [2.05, 4.69) is 44.3 Å². The highest BCUT2D eigenvalue weighted by Gasteiger charge is 2.23. The Morgan fingerprint density at radius 3 is 2.67 bits per heavy atom. The van der Waals surface area contributed by atoms with Gasteiger partial charge in [0, 0.05) is 15.6 Å². The van der Waals surface area contributed by atoms with E-state index in [1.54, 1.807) is 7.11 Å². The Hall–Kier alpha value is -1.75. The van der Waals surface area contributed by atoms with Gasteiger partial charge in [0.05, 0.1) is 17.1 Å². The maximum atomic E-state index is 4.98. The van der Waals surface area contributed by atoms with E-state index in [1.807, 2.05) is 24.3 Å². The fraction of sp³-hybridized carbons (Fsp3) is 0.312. The molecule has 108 valence electrons. The van der Waals surface area contributed by atoms with Crippen molar-refractivity contribution in [2.24, 2.45) is 11.1 Å². The number of nitrogens with zero attached hydrogens (tertiary/aromatic N) is 3. The summed E-state index contributed by atoms with van der Waals surface area (Å²) in [5.41, 5.74) is 4.93. The van der Waals surface area contributed by atoms with Gasteiger partial charge in [0.1, 0.15) is 7.11 Å². The van der Waals surface area contributed by atoms with Gasteiger partial charge in [0.2, 0.25) is 0 Å². The van der Waals surface area contributed by atoms with Gasteiger partial charge in [0.25, 0.3) is 0 Å². The molecule has 0 aliphatic heterocycles. The van der Waals surface area contributed by atoms with Gasteiger partial charge >= 0.3 is 0 Å². The molecule has 4 nitrogen and oxygen atoms in total. The number of benzene rings is 1. The molecular weight excluding hydrogens is 330 g/mol. The van der Waals surface area contributed by atoms with E-state index >= 15 is 0 Å². The summed E-state index contributed by atoms with van der Waals surface area (Å²) in [5.74, 6) is 0.513. The van der Waals surface area contributed by atoms with Gasteiger partial charge in [-0.2, -0.15) is 10.2 Å². The van der Waals surface area contributed by atoms with Crippen LogP contribution in [0.15, 0.2) is 40.0 Å². The van der Waals surface area contributed by atoms with Gasteiger partial charge < -0.3 is 4.84 Å². The molecule has 1 unspecified atom stereocenters. The third kappa shape index (κ3) is 2.97. The fourth-order valence-electron chi connectivity index (χ4n) is 2.62. The van der Waals surface area contributed by atoms with Gasteiger partial charge in [-0.15, -0.1) is 0 Å². The molecule has 1 aliphatic carbocycles. The van der Waals surface area contributed by atoms with Crippen LogP contribution in [0.5, 0.6) is 0 Å². The van der Waals surface area contributed by atoms with Gasteiger partial charge in [-0.1, -0.05) is 40.1 Å². The minimum Gasteiger partial charge on any atom is -0.399 e. The van der Waals surface area contributed by atoms with Crippen molar-refractivity contribution in [3.8, 4) is 11.3 Å². The third-order valence-electron chi connectivity index (χ3n) is 3.61. The average molecular weight is 346 g/mol. The molecule has 0 spiro atoms. The van der Waals surface area contributed by atoms with Crippen LogP contribution in [0, 0.1) is 5.92 Å². The summed E-state index contributed by atoms with van der Waals surface area (Å²) >= 11 is 3.44. The zero-order valence-electron chi connectivity index (χ0n) is 12.0. The van der Waals surface area contributed by atoms with Crippen molar-refractivity contribution in [3.63, 3.8) is 0 Å². The smallest absolute Gasteiger partial charge is 0.106 e. The van der Waals surface area contributed by atoms with Crippen molar-refractivity contribution in [1.29, 1.82) is 0 Å². The Morgan fingerprint density at radius 2 is 1.95 bits per heavy atom. The molecule has 1 aromatic heterocycles. The monoisotopic (exact) mass is 345 g/mol. The van der Waals surface area contributed by atoms with E-state index in [9.17, 15) is 0 Å². The molecule has 1 atom stereocenters. The van der Waals surface area contributed by atoms with Gasteiger partial charge in [-0.3, -0.25) is 0 Å². The molecule has 1 aliphatic rings. The van der Waals surface area contributed by atoms with Crippen molar-refractivity contribution < 1.29 is 4.84 Å². The Labute approximate surface area is 132 Å². The fourth-order valence-corrected chi connectivity index (χ4v) is 2.88. The predicted octanol–water partition coefficient (Wildman–Crippen LogP) is 3.84. The number of hydrogen-bond donors (Lipinski definition) is 0. The molecule has 21 heavy (non-hydrogen) atoms. The zero-order valence-corrected chi connectivity index (χ0v) is 13.6. The first kappa shape index (κ1) is 14.2. The molecule has 0 radical (unpaired) electrons. The summed E-state index contributed by atoms with van der Waals surface area (Å²) in [4.78, 5) is 4.98. The quantitative estimate of drug-likeness (QED) is 0.777. The van der Waals surface area contributed by atoms with Gasteiger partial charge in [0.15, 0.2) is 0 Å². The van der Waals surface area contributed by atoms with E-state index in [0.717, 1.165) is 45.5 Å². The van der Waals surface area contributed by atoms with Crippen molar-refractivity contribution >= 4 is 21.6 Å². The second-order valence-electron chi connectivity index (χ2n) is 5.33. The lowest BCUT2D eigenvalue weighted by Crippen LogP contribution is -2.21. The molecule has 0 saturated carbocycles. The highest BCUT2D eigenvalue weighted by molar-refractivity contribution is 9.10. The lowest BCUT2D eigenvalue weighted by molar-refractivity contribution is 0.212. The molecule has 0 N–H and O–H groups in total. The summed E-state index contributed by atoms with van der Waals surface area (Å²) in [6.07, 6.45) is 1.85. The number of halogens is 1. The largest absolute Gasteiger partial charge is 0.399 e. The minimum atomic E-state index is 0.513. The summed E-state index contributed by atoms with van der Waals surface area (Å²) in [6, 6.07) is 10.1. The number of hydrogen-bond acceptors (Lipinski definition) is 4. The lowest BCUT2D eigenvalue weighted by Gasteiger charge is -2.21. The van der Waals surface area contributed by atoms with Crippen LogP contribution in [0.25, 0.3) is 11.3 Å². The lowest BCUT2D eigenvalue weighted by atomic mass is 9.86. The second kappa shape index (κ2) is 5.93. The maximum absolute atomic E-state index is 4.98. The highest BCUT2D eigenvalue weighted by Crippen LogP contribution is 2.27. The minimum absolute atomic E-state index is 0.513. The van der Waals surface area contributed by atoms with Crippen molar-refractivity contribution in [3.05, 3.63) is 46.1 Å². The normalized spacial score (nSPS) is 19.4. The maximum Gasteiger partial charge on any atom is 0.106 e.